The molecule has 0 saturated heterocycles. The van der Waals surface area contributed by atoms with E-state index in [9.17, 15) is 4.79 Å². The number of hydrogen-bond donors (Lipinski definition) is 5. The number of hydroxylamine groups is 2. The molecule has 0 unspecified atom stereocenters. The number of carbonyl (C=O) groups is 1. The van der Waals surface area contributed by atoms with E-state index < -0.39 is 11.9 Å². The summed E-state index contributed by atoms with van der Waals surface area (Å²) >= 11 is 0. The molecule has 0 aliphatic heterocycles. The number of aliphatic carboxylic acids is 1. The summed E-state index contributed by atoms with van der Waals surface area (Å²) in [5.74, 6) is -5.13. The lowest BCUT2D eigenvalue weighted by atomic mass is 10.5. The number of likely N-dealkylation sites (N-methyl/N-ethyl adjacent to an activating group) is 1. The number of aliphatic hydroxyl groups is 2. The van der Waals surface area contributed by atoms with E-state index >= 15 is 0 Å². The van der Waals surface area contributed by atoms with Crippen molar-refractivity contribution in [2.75, 3.05) is 14.1 Å². The predicted octanol–water partition coefficient (Wildman–Crippen LogP) is -2.39. The van der Waals surface area contributed by atoms with Crippen LogP contribution in [0.5, 0.6) is 0 Å². The second-order valence-corrected chi connectivity index (χ2v) is 1.46. The zero-order chi connectivity index (χ0) is 9.65. The largest absolute Gasteiger partial charge is 0.476 e. The van der Waals surface area contributed by atoms with Crippen LogP contribution in [0.15, 0.2) is 0 Å². The molecule has 0 saturated carbocycles. The fourth-order valence-corrected chi connectivity index (χ4v) is 0.138. The van der Waals surface area contributed by atoms with Gasteiger partial charge in [0.15, 0.2) is 0 Å². The number of nitrogens with two attached hydrogens (primary N) is 1. The first-order chi connectivity index (χ1) is 4.89. The van der Waals surface area contributed by atoms with Crippen LogP contribution < -0.4 is 5.73 Å². The minimum Gasteiger partial charge on any atom is -0.476 e. The Hall–Kier alpha value is -0.730. The van der Waals surface area contributed by atoms with Crippen molar-refractivity contribution < 1.29 is 25.3 Å². The Morgan fingerprint density at radius 1 is 1.45 bits per heavy atom. The van der Waals surface area contributed by atoms with Gasteiger partial charge in [0.05, 0.1) is 0 Å². The molecule has 7 nitrogen and oxygen atoms in total. The fraction of sp³-hybridized carbons (Fsp3) is 0.750. The molecule has 0 heterocycles. The minimum absolute atomic E-state index is 0.227. The summed E-state index contributed by atoms with van der Waals surface area (Å²) in [5.41, 5.74) is 4.50. The Bertz CT molecular complexity index is 124. The average molecular weight is 168 g/mol. The van der Waals surface area contributed by atoms with E-state index in [1.807, 2.05) is 0 Å². The smallest absolute Gasteiger partial charge is 0.383 e. The van der Waals surface area contributed by atoms with Gasteiger partial charge in [-0.05, 0) is 7.05 Å². The van der Waals surface area contributed by atoms with Gasteiger partial charge in [-0.15, -0.1) is 5.06 Å². The van der Waals surface area contributed by atoms with Gasteiger partial charge in [0.25, 0.3) is 0 Å². The van der Waals surface area contributed by atoms with E-state index in [2.05, 4.69) is 5.73 Å². The summed E-state index contributed by atoms with van der Waals surface area (Å²) in [6.45, 7) is 0. The van der Waals surface area contributed by atoms with Crippen molar-refractivity contribution in [3.05, 3.63) is 0 Å². The first-order valence-electron chi connectivity index (χ1n) is 2.57. The third kappa shape index (κ3) is 3.86. The van der Waals surface area contributed by atoms with E-state index in [0.717, 1.165) is 7.05 Å². The minimum atomic E-state index is -3.19. The van der Waals surface area contributed by atoms with Crippen LogP contribution >= 0.6 is 0 Å². The van der Waals surface area contributed by atoms with Gasteiger partial charge in [-0.3, -0.25) is 0 Å². The summed E-state index contributed by atoms with van der Waals surface area (Å²) in [6, 6.07) is 0. The molecular formula is C4H12N2O5. The van der Waals surface area contributed by atoms with Crippen LogP contribution in [-0.2, 0) is 4.79 Å². The number of carboxylic acid groups (broad SMARTS) is 1. The quantitative estimate of drug-likeness (QED) is 0.230. The van der Waals surface area contributed by atoms with Crippen LogP contribution in [0.2, 0.25) is 0 Å². The summed E-state index contributed by atoms with van der Waals surface area (Å²) in [4.78, 5) is 9.76. The van der Waals surface area contributed by atoms with Crippen molar-refractivity contribution in [3.8, 4) is 0 Å². The first kappa shape index (κ1) is 12.9. The van der Waals surface area contributed by atoms with Gasteiger partial charge in [-0.1, -0.05) is 0 Å². The van der Waals surface area contributed by atoms with Crippen molar-refractivity contribution >= 4 is 5.97 Å². The Morgan fingerprint density at radius 3 is 1.73 bits per heavy atom. The van der Waals surface area contributed by atoms with Crippen molar-refractivity contribution in [1.82, 2.24) is 5.06 Å². The zero-order valence-electron chi connectivity index (χ0n) is 6.22. The van der Waals surface area contributed by atoms with Crippen molar-refractivity contribution in [3.63, 3.8) is 0 Å². The molecule has 0 fully saturated rings. The van der Waals surface area contributed by atoms with Gasteiger partial charge in [-0.25, -0.2) is 4.79 Å². The van der Waals surface area contributed by atoms with Crippen molar-refractivity contribution in [1.29, 1.82) is 0 Å². The lowest BCUT2D eigenvalue weighted by Crippen LogP contribution is -2.51. The third-order valence-electron chi connectivity index (χ3n) is 0.738. The van der Waals surface area contributed by atoms with Crippen molar-refractivity contribution in [2.24, 2.45) is 5.73 Å². The van der Waals surface area contributed by atoms with Crippen LogP contribution in [-0.4, -0.2) is 51.6 Å². The van der Waals surface area contributed by atoms with Crippen LogP contribution in [0.3, 0.4) is 0 Å². The molecule has 0 spiro atoms. The SMILES string of the molecule is CN.CN(O)C(O)(O)C(=O)O. The van der Waals surface area contributed by atoms with E-state index in [-0.39, 0.29) is 5.06 Å². The van der Waals surface area contributed by atoms with Gasteiger partial charge < -0.3 is 26.3 Å². The molecule has 7 heteroatoms. The van der Waals surface area contributed by atoms with Gasteiger partial charge in [0.2, 0.25) is 0 Å². The monoisotopic (exact) mass is 168 g/mol. The highest BCUT2D eigenvalue weighted by Gasteiger charge is 2.37. The highest BCUT2D eigenvalue weighted by Crippen LogP contribution is 2.00. The maximum Gasteiger partial charge on any atom is 0.383 e. The molecule has 11 heavy (non-hydrogen) atoms. The molecule has 0 aliphatic carbocycles. The van der Waals surface area contributed by atoms with Crippen LogP contribution in [0.1, 0.15) is 0 Å². The Kier molecular flexibility index (Phi) is 5.86. The second-order valence-electron chi connectivity index (χ2n) is 1.46. The number of rotatable bonds is 2. The normalized spacial score (nSPS) is 10.5. The molecule has 0 bridgehead atoms. The molecule has 0 aromatic carbocycles. The number of nitrogens with zero attached hydrogens (tertiary/aromatic N) is 1. The molecular weight excluding hydrogens is 156 g/mol. The summed E-state index contributed by atoms with van der Waals surface area (Å²) in [6.07, 6.45) is 0. The summed E-state index contributed by atoms with van der Waals surface area (Å²) < 4.78 is 0. The van der Waals surface area contributed by atoms with Gasteiger partial charge in [0, 0.05) is 7.05 Å². The molecule has 0 rings (SSSR count). The van der Waals surface area contributed by atoms with Gasteiger partial charge in [0.1, 0.15) is 0 Å². The average Bonchev–Trinajstić information content (AvgIpc) is 1.91. The van der Waals surface area contributed by atoms with E-state index in [1.165, 1.54) is 7.05 Å². The highest BCUT2D eigenvalue weighted by atomic mass is 16.7. The topological polar surface area (TPSA) is 127 Å². The molecule has 0 aromatic rings. The van der Waals surface area contributed by atoms with Crippen LogP contribution in [0.4, 0.5) is 0 Å². The Morgan fingerprint density at radius 2 is 1.73 bits per heavy atom. The van der Waals surface area contributed by atoms with E-state index in [1.54, 1.807) is 0 Å². The zero-order valence-corrected chi connectivity index (χ0v) is 6.22. The molecule has 6 N–H and O–H groups in total. The lowest BCUT2D eigenvalue weighted by Gasteiger charge is -2.20. The standard InChI is InChI=1S/C3H7NO5.CH5N/c1-4(9)3(7,8)2(5)6;1-2/h7-9H,1H3,(H,5,6);2H2,1H3. The summed E-state index contributed by atoms with van der Waals surface area (Å²) in [7, 11) is 2.30. The molecule has 0 amide bonds. The second kappa shape index (κ2) is 4.99. The molecule has 0 atom stereocenters. The van der Waals surface area contributed by atoms with Crippen LogP contribution in [0.25, 0.3) is 0 Å². The van der Waals surface area contributed by atoms with Crippen molar-refractivity contribution in [2.45, 2.75) is 5.91 Å². The van der Waals surface area contributed by atoms with E-state index in [4.69, 9.17) is 20.5 Å². The predicted molar refractivity (Wildman–Crippen MR) is 34.5 cm³/mol. The Labute approximate surface area is 63.2 Å². The molecule has 0 aromatic heterocycles. The fourth-order valence-electron chi connectivity index (χ4n) is 0.138. The molecule has 0 aliphatic rings. The molecule has 0 radical (unpaired) electrons. The van der Waals surface area contributed by atoms with Gasteiger partial charge >= 0.3 is 11.9 Å². The maximum atomic E-state index is 9.76. The maximum absolute atomic E-state index is 9.76. The number of hydrogen-bond acceptors (Lipinski definition) is 6. The first-order valence-corrected chi connectivity index (χ1v) is 2.57. The third-order valence-corrected chi connectivity index (χ3v) is 0.738. The van der Waals surface area contributed by atoms with Crippen LogP contribution in [0, 0.1) is 0 Å². The Balaban J connectivity index is 0. The highest BCUT2D eigenvalue weighted by molar-refractivity contribution is 5.73. The lowest BCUT2D eigenvalue weighted by molar-refractivity contribution is -0.336. The summed E-state index contributed by atoms with van der Waals surface area (Å²) in [5, 5.41) is 32.5. The van der Waals surface area contributed by atoms with Gasteiger partial charge in [-0.2, -0.15) is 0 Å². The number of carboxylic acids is 1. The molecule has 68 valence electrons. The van der Waals surface area contributed by atoms with E-state index in [0.29, 0.717) is 0 Å².